The summed E-state index contributed by atoms with van der Waals surface area (Å²) < 4.78 is 19.3. The first-order valence-corrected chi connectivity index (χ1v) is 10.7. The third kappa shape index (κ3) is 4.32. The maximum absolute atomic E-state index is 13.2. The molecule has 7 nitrogen and oxygen atoms in total. The Labute approximate surface area is 182 Å². The normalized spacial score (nSPS) is 14.0. The maximum Gasteiger partial charge on any atom is 0.257 e. The van der Waals surface area contributed by atoms with E-state index in [1.54, 1.807) is 0 Å². The second-order valence-electron chi connectivity index (χ2n) is 7.41. The fourth-order valence-corrected chi connectivity index (χ4v) is 3.96. The Kier molecular flexibility index (Phi) is 6.32. The number of nitrogens with zero attached hydrogens (tertiary/aromatic N) is 2. The Morgan fingerprint density at radius 2 is 1.77 bits per heavy atom. The highest BCUT2D eigenvalue weighted by Crippen LogP contribution is 2.39. The van der Waals surface area contributed by atoms with Crippen LogP contribution in [0.2, 0.25) is 0 Å². The minimum absolute atomic E-state index is 0.181. The highest BCUT2D eigenvalue weighted by Gasteiger charge is 2.21. The van der Waals surface area contributed by atoms with Crippen LogP contribution in [-0.2, 0) is 11.8 Å². The molecule has 0 saturated carbocycles. The first-order chi connectivity index (χ1) is 15.1. The number of para-hydroxylation sites is 1. The summed E-state index contributed by atoms with van der Waals surface area (Å²) in [4.78, 5) is 15.4. The first kappa shape index (κ1) is 21.1. The number of fused-ring (bicyclic) bond motifs is 1. The summed E-state index contributed by atoms with van der Waals surface area (Å²) in [6, 6.07) is 11.7. The van der Waals surface area contributed by atoms with E-state index in [1.165, 1.54) is 0 Å². The summed E-state index contributed by atoms with van der Waals surface area (Å²) in [7, 11) is 1.94. The average Bonchev–Trinajstić information content (AvgIpc) is 3.13. The van der Waals surface area contributed by atoms with Gasteiger partial charge in [0.05, 0.1) is 43.4 Å². The van der Waals surface area contributed by atoms with Crippen molar-refractivity contribution in [3.8, 4) is 11.5 Å². The maximum atomic E-state index is 13.2. The van der Waals surface area contributed by atoms with Gasteiger partial charge in [0.15, 0.2) is 0 Å². The van der Waals surface area contributed by atoms with Gasteiger partial charge in [0.2, 0.25) is 0 Å². The molecule has 0 atom stereocenters. The smallest absolute Gasteiger partial charge is 0.257 e. The summed E-state index contributed by atoms with van der Waals surface area (Å²) in [5, 5.41) is 3.96. The number of morpholine rings is 1. The molecule has 1 aromatic heterocycles. The van der Waals surface area contributed by atoms with Gasteiger partial charge in [-0.05, 0) is 19.9 Å². The van der Waals surface area contributed by atoms with Gasteiger partial charge in [0, 0.05) is 49.4 Å². The lowest BCUT2D eigenvalue weighted by Crippen LogP contribution is -2.36. The van der Waals surface area contributed by atoms with Gasteiger partial charge in [0.25, 0.3) is 5.91 Å². The van der Waals surface area contributed by atoms with Gasteiger partial charge in [-0.15, -0.1) is 0 Å². The molecule has 1 saturated heterocycles. The van der Waals surface area contributed by atoms with E-state index in [2.05, 4.69) is 10.2 Å². The number of hydrogen-bond acceptors (Lipinski definition) is 5. The molecule has 1 amide bonds. The number of ether oxygens (including phenoxy) is 3. The average molecular weight is 424 g/mol. The first-order valence-electron chi connectivity index (χ1n) is 10.7. The standard InChI is InChI=1S/C24H29N3O4/c1-4-30-22-15-21(27-10-12-29-13-11-27)23(31-5-2)14-19(22)25-24(28)18-16-26(3)20-9-7-6-8-17(18)20/h6-9,14-16H,4-5,10-13H2,1-3H3,(H,25,28). The molecule has 1 aliphatic rings. The fourth-order valence-electron chi connectivity index (χ4n) is 3.96. The molecule has 1 fully saturated rings. The summed E-state index contributed by atoms with van der Waals surface area (Å²) >= 11 is 0. The van der Waals surface area contributed by atoms with Crippen molar-refractivity contribution < 1.29 is 19.0 Å². The lowest BCUT2D eigenvalue weighted by Gasteiger charge is -2.31. The second kappa shape index (κ2) is 9.31. The number of aryl methyl sites for hydroxylation is 1. The molecule has 0 radical (unpaired) electrons. The molecule has 2 aromatic carbocycles. The van der Waals surface area contributed by atoms with Gasteiger partial charge in [-0.1, -0.05) is 18.2 Å². The van der Waals surface area contributed by atoms with Gasteiger partial charge in [-0.25, -0.2) is 0 Å². The lowest BCUT2D eigenvalue weighted by atomic mass is 10.1. The zero-order valence-electron chi connectivity index (χ0n) is 18.3. The molecular weight excluding hydrogens is 394 g/mol. The van der Waals surface area contributed by atoms with Crippen LogP contribution in [0.25, 0.3) is 10.9 Å². The molecule has 164 valence electrons. The largest absolute Gasteiger partial charge is 0.492 e. The molecule has 31 heavy (non-hydrogen) atoms. The van der Waals surface area contributed by atoms with E-state index in [4.69, 9.17) is 14.2 Å². The third-order valence-electron chi connectivity index (χ3n) is 5.40. The molecule has 1 N–H and O–H groups in total. The molecule has 2 heterocycles. The third-order valence-corrected chi connectivity index (χ3v) is 5.40. The number of benzene rings is 2. The summed E-state index contributed by atoms with van der Waals surface area (Å²) in [5.41, 5.74) is 3.18. The van der Waals surface area contributed by atoms with Crippen LogP contribution in [0.3, 0.4) is 0 Å². The number of hydrogen-bond donors (Lipinski definition) is 1. The van der Waals surface area contributed by atoms with E-state index in [0.717, 1.165) is 35.4 Å². The minimum Gasteiger partial charge on any atom is -0.492 e. The van der Waals surface area contributed by atoms with Crippen LogP contribution in [0.4, 0.5) is 11.4 Å². The fraction of sp³-hybridized carbons (Fsp3) is 0.375. The SMILES string of the molecule is CCOc1cc(N2CCOCC2)c(OCC)cc1NC(=O)c1cn(C)c2ccccc12. The van der Waals surface area contributed by atoms with E-state index < -0.39 is 0 Å². The van der Waals surface area contributed by atoms with Crippen molar-refractivity contribution in [2.45, 2.75) is 13.8 Å². The highest BCUT2D eigenvalue weighted by molar-refractivity contribution is 6.13. The zero-order chi connectivity index (χ0) is 21.8. The Morgan fingerprint density at radius 1 is 1.06 bits per heavy atom. The van der Waals surface area contributed by atoms with E-state index in [1.807, 2.05) is 68.1 Å². The predicted octanol–water partition coefficient (Wildman–Crippen LogP) is 4.06. The predicted molar refractivity (Wildman–Crippen MR) is 123 cm³/mol. The van der Waals surface area contributed by atoms with Crippen LogP contribution in [-0.4, -0.2) is 50.0 Å². The van der Waals surface area contributed by atoms with Crippen molar-refractivity contribution >= 4 is 28.2 Å². The van der Waals surface area contributed by atoms with Crippen LogP contribution in [0.5, 0.6) is 11.5 Å². The number of carbonyl (C=O) groups is 1. The monoisotopic (exact) mass is 423 g/mol. The van der Waals surface area contributed by atoms with Crippen LogP contribution in [0.1, 0.15) is 24.2 Å². The summed E-state index contributed by atoms with van der Waals surface area (Å²) in [5.74, 6) is 1.17. The number of nitrogens with one attached hydrogen (secondary N) is 1. The molecule has 0 spiro atoms. The summed E-state index contributed by atoms with van der Waals surface area (Å²) in [6.07, 6.45) is 1.85. The Balaban J connectivity index is 1.70. The summed E-state index contributed by atoms with van der Waals surface area (Å²) in [6.45, 7) is 7.83. The zero-order valence-corrected chi connectivity index (χ0v) is 18.3. The van der Waals surface area contributed by atoms with Gasteiger partial charge in [0.1, 0.15) is 11.5 Å². The van der Waals surface area contributed by atoms with Gasteiger partial charge in [-0.3, -0.25) is 4.79 Å². The molecule has 4 rings (SSSR count). The number of rotatable bonds is 7. The van der Waals surface area contributed by atoms with Crippen molar-refractivity contribution in [3.63, 3.8) is 0 Å². The Hall–Kier alpha value is -3.19. The van der Waals surface area contributed by atoms with Gasteiger partial charge in [-0.2, -0.15) is 0 Å². The van der Waals surface area contributed by atoms with Crippen LogP contribution < -0.4 is 19.7 Å². The molecule has 0 aliphatic carbocycles. The van der Waals surface area contributed by atoms with Crippen molar-refractivity contribution in [1.29, 1.82) is 0 Å². The van der Waals surface area contributed by atoms with Crippen LogP contribution in [0, 0.1) is 0 Å². The van der Waals surface area contributed by atoms with Crippen molar-refractivity contribution in [3.05, 3.63) is 48.2 Å². The van der Waals surface area contributed by atoms with E-state index in [9.17, 15) is 4.79 Å². The number of carbonyl (C=O) groups excluding carboxylic acids is 1. The Morgan fingerprint density at radius 3 is 2.52 bits per heavy atom. The van der Waals surface area contributed by atoms with Crippen molar-refractivity contribution in [1.82, 2.24) is 4.57 Å². The van der Waals surface area contributed by atoms with Gasteiger partial charge < -0.3 is 29.0 Å². The van der Waals surface area contributed by atoms with Crippen LogP contribution in [0.15, 0.2) is 42.6 Å². The quantitative estimate of drug-likeness (QED) is 0.621. The second-order valence-corrected chi connectivity index (χ2v) is 7.41. The number of anilines is 2. The van der Waals surface area contributed by atoms with Crippen molar-refractivity contribution in [2.75, 3.05) is 49.7 Å². The minimum atomic E-state index is -0.181. The van der Waals surface area contributed by atoms with Crippen LogP contribution >= 0.6 is 0 Å². The molecule has 7 heteroatoms. The van der Waals surface area contributed by atoms with E-state index >= 15 is 0 Å². The highest BCUT2D eigenvalue weighted by atomic mass is 16.5. The number of amides is 1. The molecule has 1 aliphatic heterocycles. The van der Waals surface area contributed by atoms with E-state index in [0.29, 0.717) is 43.4 Å². The Bertz CT molecular complexity index is 1070. The number of aromatic nitrogens is 1. The lowest BCUT2D eigenvalue weighted by molar-refractivity contribution is 0.102. The molecular formula is C24H29N3O4. The van der Waals surface area contributed by atoms with Gasteiger partial charge >= 0.3 is 0 Å². The molecule has 0 bridgehead atoms. The molecule has 0 unspecified atom stereocenters. The topological polar surface area (TPSA) is 65.0 Å². The molecule has 3 aromatic rings. The van der Waals surface area contributed by atoms with E-state index in [-0.39, 0.29) is 5.91 Å². The van der Waals surface area contributed by atoms with Crippen molar-refractivity contribution in [2.24, 2.45) is 7.05 Å².